The second-order valence-corrected chi connectivity index (χ2v) is 8.93. The molecule has 1 aliphatic carbocycles. The quantitative estimate of drug-likeness (QED) is 0.731. The van der Waals surface area contributed by atoms with Gasteiger partial charge in [-0.25, -0.2) is 19.2 Å². The molecule has 6 nitrogen and oxygen atoms in total. The number of ether oxygens (including phenoxy) is 1. The fraction of sp³-hybridized carbons (Fsp3) is 0.522. The topological polar surface area (TPSA) is 75.5 Å². The van der Waals surface area contributed by atoms with E-state index in [1.165, 1.54) is 50.3 Å². The van der Waals surface area contributed by atoms with Gasteiger partial charge in [0.15, 0.2) is 0 Å². The van der Waals surface area contributed by atoms with Gasteiger partial charge in [-0.2, -0.15) is 0 Å². The van der Waals surface area contributed by atoms with Crippen LogP contribution in [0.15, 0.2) is 30.6 Å². The summed E-state index contributed by atoms with van der Waals surface area (Å²) in [4.78, 5) is 22.1. The van der Waals surface area contributed by atoms with Gasteiger partial charge in [0.1, 0.15) is 5.82 Å². The first-order valence-electron chi connectivity index (χ1n) is 10.6. The predicted octanol–water partition coefficient (Wildman–Crippen LogP) is 4.26. The third kappa shape index (κ3) is 4.78. The Morgan fingerprint density at radius 3 is 2.60 bits per heavy atom. The molecule has 2 aliphatic rings. The smallest absolute Gasteiger partial charge is 0.338 e. The number of benzene rings is 1. The molecule has 2 heterocycles. The molecular weight excluding hydrogens is 385 g/mol. The molecule has 1 saturated heterocycles. The molecule has 2 aromatic rings. The first-order valence-corrected chi connectivity index (χ1v) is 10.6. The van der Waals surface area contributed by atoms with Gasteiger partial charge in [-0.3, -0.25) is 0 Å². The maximum atomic E-state index is 13.9. The molecule has 1 N–H and O–H groups in total. The van der Waals surface area contributed by atoms with Gasteiger partial charge in [-0.05, 0) is 62.2 Å². The molecule has 1 aromatic heterocycles. The number of carboxylic acid groups (broad SMARTS) is 1. The Morgan fingerprint density at radius 1 is 1.27 bits per heavy atom. The van der Waals surface area contributed by atoms with Crippen LogP contribution in [0.25, 0.3) is 11.3 Å². The lowest BCUT2D eigenvalue weighted by Gasteiger charge is -2.44. The number of halogens is 1. The zero-order valence-corrected chi connectivity index (χ0v) is 17.3. The molecule has 0 amide bonds. The van der Waals surface area contributed by atoms with Crippen molar-refractivity contribution in [1.29, 1.82) is 0 Å². The third-order valence-electron chi connectivity index (χ3n) is 6.46. The fourth-order valence-electron chi connectivity index (χ4n) is 4.38. The zero-order chi connectivity index (χ0) is 21.1. The minimum atomic E-state index is -1.29. The molecule has 0 atom stereocenters. The van der Waals surface area contributed by atoms with E-state index in [0.29, 0.717) is 35.1 Å². The van der Waals surface area contributed by atoms with Crippen molar-refractivity contribution in [3.05, 3.63) is 42.0 Å². The zero-order valence-electron chi connectivity index (χ0n) is 17.3. The summed E-state index contributed by atoms with van der Waals surface area (Å²) in [5, 5.41) is 8.92. The Labute approximate surface area is 176 Å². The van der Waals surface area contributed by atoms with Crippen molar-refractivity contribution in [3.8, 4) is 17.1 Å². The van der Waals surface area contributed by atoms with Crippen LogP contribution in [0.2, 0.25) is 0 Å². The first kappa shape index (κ1) is 20.7. The third-order valence-corrected chi connectivity index (χ3v) is 6.46. The molecule has 1 saturated carbocycles. The first-order chi connectivity index (χ1) is 14.4. The number of hydrogen-bond donors (Lipinski definition) is 1. The molecule has 0 bridgehead atoms. The summed E-state index contributed by atoms with van der Waals surface area (Å²) in [5.41, 5.74) is 1.12. The van der Waals surface area contributed by atoms with Crippen molar-refractivity contribution < 1.29 is 19.0 Å². The Bertz CT molecular complexity index is 891. The molecule has 0 unspecified atom stereocenters. The maximum Gasteiger partial charge on any atom is 0.338 e. The van der Waals surface area contributed by atoms with E-state index in [1.807, 2.05) is 0 Å². The van der Waals surface area contributed by atoms with Gasteiger partial charge in [0.05, 0.1) is 30.3 Å². The number of hydrogen-bond acceptors (Lipinski definition) is 5. The molecule has 0 spiro atoms. The monoisotopic (exact) mass is 413 g/mol. The van der Waals surface area contributed by atoms with Crippen LogP contribution in [0.4, 0.5) is 4.39 Å². The van der Waals surface area contributed by atoms with E-state index in [1.54, 1.807) is 0 Å². The molecule has 0 radical (unpaired) electrons. The van der Waals surface area contributed by atoms with Crippen molar-refractivity contribution in [2.75, 3.05) is 26.2 Å². The van der Waals surface area contributed by atoms with Crippen LogP contribution in [0, 0.1) is 17.2 Å². The van der Waals surface area contributed by atoms with Gasteiger partial charge in [0.25, 0.3) is 0 Å². The van der Waals surface area contributed by atoms with Crippen molar-refractivity contribution >= 4 is 5.97 Å². The maximum absolute atomic E-state index is 13.9. The molecule has 30 heavy (non-hydrogen) atoms. The highest BCUT2D eigenvalue weighted by Crippen LogP contribution is 2.41. The normalized spacial score (nSPS) is 19.3. The van der Waals surface area contributed by atoms with E-state index in [0.717, 1.165) is 32.0 Å². The number of likely N-dealkylation sites (tertiary alicyclic amines) is 1. The van der Waals surface area contributed by atoms with Crippen LogP contribution in [0.1, 0.15) is 49.4 Å². The standard InChI is InChI=1S/C23H28FN3O3/c1-23(7-2-8-23)15-27-9-5-16(6-10-27)14-30-21-13-25-20(12-26-21)17-3-4-18(22(28)29)19(24)11-17/h3-4,11-13,16H,2,5-10,14-15H2,1H3,(H,28,29). The van der Waals surface area contributed by atoms with E-state index in [9.17, 15) is 9.18 Å². The van der Waals surface area contributed by atoms with Gasteiger partial charge >= 0.3 is 5.97 Å². The highest BCUT2D eigenvalue weighted by molar-refractivity contribution is 5.88. The lowest BCUT2D eigenvalue weighted by atomic mass is 9.70. The number of rotatable bonds is 7. The van der Waals surface area contributed by atoms with Crippen molar-refractivity contribution in [3.63, 3.8) is 0 Å². The van der Waals surface area contributed by atoms with Gasteiger partial charge in [-0.1, -0.05) is 19.4 Å². The minimum absolute atomic E-state index is 0.362. The van der Waals surface area contributed by atoms with E-state index in [-0.39, 0.29) is 5.56 Å². The molecular formula is C23H28FN3O3. The number of aromatic nitrogens is 2. The molecule has 160 valence electrons. The van der Waals surface area contributed by atoms with Crippen molar-refractivity contribution in [1.82, 2.24) is 14.9 Å². The average Bonchev–Trinajstić information content (AvgIpc) is 2.72. The predicted molar refractivity (Wildman–Crippen MR) is 111 cm³/mol. The minimum Gasteiger partial charge on any atom is -0.478 e. The number of aromatic carboxylic acids is 1. The van der Waals surface area contributed by atoms with Crippen LogP contribution < -0.4 is 4.74 Å². The Hall–Kier alpha value is -2.54. The van der Waals surface area contributed by atoms with E-state index in [2.05, 4.69) is 21.8 Å². The summed E-state index contributed by atoms with van der Waals surface area (Å²) in [6, 6.07) is 3.91. The van der Waals surface area contributed by atoms with Gasteiger partial charge in [0.2, 0.25) is 5.88 Å². The number of nitrogens with zero attached hydrogens (tertiary/aromatic N) is 3. The fourth-order valence-corrected chi connectivity index (χ4v) is 4.38. The largest absolute Gasteiger partial charge is 0.478 e. The van der Waals surface area contributed by atoms with Gasteiger partial charge in [0, 0.05) is 12.1 Å². The van der Waals surface area contributed by atoms with Gasteiger partial charge in [-0.15, -0.1) is 0 Å². The average molecular weight is 413 g/mol. The van der Waals surface area contributed by atoms with Crippen LogP contribution in [0.5, 0.6) is 5.88 Å². The summed E-state index contributed by atoms with van der Waals surface area (Å²) in [6.07, 6.45) is 9.43. The van der Waals surface area contributed by atoms with Crippen LogP contribution >= 0.6 is 0 Å². The summed E-state index contributed by atoms with van der Waals surface area (Å²) >= 11 is 0. The van der Waals surface area contributed by atoms with Crippen molar-refractivity contribution in [2.24, 2.45) is 11.3 Å². The molecule has 4 rings (SSSR count). The van der Waals surface area contributed by atoms with Gasteiger partial charge < -0.3 is 14.7 Å². The summed E-state index contributed by atoms with van der Waals surface area (Å²) in [6.45, 7) is 6.52. The Kier molecular flexibility index (Phi) is 5.99. The second-order valence-electron chi connectivity index (χ2n) is 8.93. The van der Waals surface area contributed by atoms with E-state index < -0.39 is 11.8 Å². The molecule has 2 fully saturated rings. The summed E-state index contributed by atoms with van der Waals surface area (Å²) in [7, 11) is 0. The Morgan fingerprint density at radius 2 is 2.03 bits per heavy atom. The highest BCUT2D eigenvalue weighted by atomic mass is 19.1. The second kappa shape index (κ2) is 8.68. The number of carboxylic acids is 1. The summed E-state index contributed by atoms with van der Waals surface area (Å²) in [5.74, 6) is -1.11. The van der Waals surface area contributed by atoms with Crippen LogP contribution in [-0.4, -0.2) is 52.2 Å². The van der Waals surface area contributed by atoms with Crippen LogP contribution in [0.3, 0.4) is 0 Å². The Balaban J connectivity index is 1.26. The van der Waals surface area contributed by atoms with Crippen LogP contribution in [-0.2, 0) is 0 Å². The summed E-state index contributed by atoms with van der Waals surface area (Å²) < 4.78 is 19.7. The van der Waals surface area contributed by atoms with E-state index in [4.69, 9.17) is 9.84 Å². The molecule has 1 aliphatic heterocycles. The number of piperidine rings is 1. The lowest BCUT2D eigenvalue weighted by Crippen LogP contribution is -2.44. The highest BCUT2D eigenvalue weighted by Gasteiger charge is 2.34. The molecule has 7 heteroatoms. The lowest BCUT2D eigenvalue weighted by molar-refractivity contribution is 0.0560. The SMILES string of the molecule is CC1(CN2CCC(COc3cnc(-c4ccc(C(=O)O)c(F)c4)cn3)CC2)CCC1. The molecule has 1 aromatic carbocycles. The van der Waals surface area contributed by atoms with Crippen molar-refractivity contribution in [2.45, 2.75) is 39.0 Å². The van der Waals surface area contributed by atoms with E-state index >= 15 is 0 Å². The number of carbonyl (C=O) groups is 1.